The molecule has 0 fully saturated rings. The molecule has 2 aromatic carbocycles. The van der Waals surface area contributed by atoms with Crippen LogP contribution in [0.25, 0.3) is 0 Å². The Bertz CT molecular complexity index is 740. The monoisotopic (exact) mass is 317 g/mol. The van der Waals surface area contributed by atoms with Crippen molar-refractivity contribution in [1.82, 2.24) is 4.98 Å². The van der Waals surface area contributed by atoms with Crippen LogP contribution >= 0.6 is 0 Å². The van der Waals surface area contributed by atoms with Crippen molar-refractivity contribution in [2.75, 3.05) is 0 Å². The predicted octanol–water partition coefficient (Wildman–Crippen LogP) is 3.79. The number of aromatic nitrogens is 1. The standard InChI is InChI=1S/C21H23N3/c1-14-6-10-16(11-7-14)20(22)18-4-3-5-19(24-18)21(23)17-12-8-15(2)9-13-17/h3-13,20-21H,22-23H2,1-2H3. The number of pyridine rings is 1. The lowest BCUT2D eigenvalue weighted by atomic mass is 10.00. The highest BCUT2D eigenvalue weighted by molar-refractivity contribution is 5.33. The predicted molar refractivity (Wildman–Crippen MR) is 98.7 cm³/mol. The van der Waals surface area contributed by atoms with Crippen LogP contribution in [0.2, 0.25) is 0 Å². The summed E-state index contributed by atoms with van der Waals surface area (Å²) >= 11 is 0. The maximum absolute atomic E-state index is 6.39. The molecule has 1 aromatic heterocycles. The number of benzene rings is 2. The van der Waals surface area contributed by atoms with Crippen molar-refractivity contribution in [3.63, 3.8) is 0 Å². The Morgan fingerprint density at radius 1 is 0.625 bits per heavy atom. The second-order valence-electron chi connectivity index (χ2n) is 6.26. The largest absolute Gasteiger partial charge is 0.319 e. The molecule has 0 spiro atoms. The molecule has 3 nitrogen and oxygen atoms in total. The van der Waals surface area contributed by atoms with Gasteiger partial charge < -0.3 is 11.5 Å². The average Bonchev–Trinajstić information content (AvgIpc) is 2.62. The molecule has 1 heterocycles. The average molecular weight is 317 g/mol. The van der Waals surface area contributed by atoms with Gasteiger partial charge in [-0.3, -0.25) is 4.98 Å². The molecule has 24 heavy (non-hydrogen) atoms. The van der Waals surface area contributed by atoms with Crippen molar-refractivity contribution in [2.24, 2.45) is 11.5 Å². The summed E-state index contributed by atoms with van der Waals surface area (Å²) in [5.74, 6) is 0. The van der Waals surface area contributed by atoms with Gasteiger partial charge in [-0.05, 0) is 37.1 Å². The van der Waals surface area contributed by atoms with Crippen molar-refractivity contribution in [3.05, 3.63) is 100 Å². The number of rotatable bonds is 4. The molecule has 0 aliphatic rings. The Morgan fingerprint density at radius 3 is 1.38 bits per heavy atom. The number of hydrogen-bond donors (Lipinski definition) is 2. The number of nitrogens with two attached hydrogens (primary N) is 2. The fourth-order valence-corrected chi connectivity index (χ4v) is 2.70. The molecule has 0 radical (unpaired) electrons. The zero-order valence-corrected chi connectivity index (χ0v) is 14.1. The van der Waals surface area contributed by atoms with Crippen LogP contribution in [0.3, 0.4) is 0 Å². The summed E-state index contributed by atoms with van der Waals surface area (Å²) < 4.78 is 0. The fourth-order valence-electron chi connectivity index (χ4n) is 2.70. The summed E-state index contributed by atoms with van der Waals surface area (Å²) in [4.78, 5) is 4.72. The molecule has 0 saturated heterocycles. The van der Waals surface area contributed by atoms with Crippen molar-refractivity contribution < 1.29 is 0 Å². The Hall–Kier alpha value is -2.49. The molecule has 0 amide bonds. The lowest BCUT2D eigenvalue weighted by Crippen LogP contribution is -2.18. The zero-order valence-electron chi connectivity index (χ0n) is 14.1. The molecule has 3 rings (SSSR count). The van der Waals surface area contributed by atoms with Crippen LogP contribution in [-0.2, 0) is 0 Å². The summed E-state index contributed by atoms with van der Waals surface area (Å²) in [7, 11) is 0. The van der Waals surface area contributed by atoms with E-state index >= 15 is 0 Å². The van der Waals surface area contributed by atoms with Crippen LogP contribution in [0.1, 0.15) is 45.7 Å². The highest BCUT2D eigenvalue weighted by Gasteiger charge is 2.14. The Morgan fingerprint density at radius 2 is 1.00 bits per heavy atom. The second-order valence-corrected chi connectivity index (χ2v) is 6.26. The fraction of sp³-hybridized carbons (Fsp3) is 0.190. The SMILES string of the molecule is Cc1ccc(C(N)c2cccc(C(N)c3ccc(C)cc3)n2)cc1. The highest BCUT2D eigenvalue weighted by Crippen LogP contribution is 2.22. The normalized spacial score (nSPS) is 13.5. The van der Waals surface area contributed by atoms with Crippen LogP contribution in [0.5, 0.6) is 0 Å². The molecule has 3 heteroatoms. The molecular weight excluding hydrogens is 294 g/mol. The first kappa shape index (κ1) is 16.4. The Kier molecular flexibility index (Phi) is 4.74. The molecule has 122 valence electrons. The molecule has 3 aromatic rings. The van der Waals surface area contributed by atoms with Gasteiger partial charge in [0, 0.05) is 0 Å². The molecule has 2 atom stereocenters. The maximum atomic E-state index is 6.39. The van der Waals surface area contributed by atoms with Gasteiger partial charge in [-0.15, -0.1) is 0 Å². The van der Waals surface area contributed by atoms with E-state index in [4.69, 9.17) is 16.5 Å². The van der Waals surface area contributed by atoms with Gasteiger partial charge in [-0.1, -0.05) is 65.7 Å². The van der Waals surface area contributed by atoms with E-state index in [9.17, 15) is 0 Å². The van der Waals surface area contributed by atoms with Gasteiger partial charge in [0.1, 0.15) is 0 Å². The molecule has 2 unspecified atom stereocenters. The van der Waals surface area contributed by atoms with E-state index in [0.29, 0.717) is 0 Å². The molecule has 0 saturated carbocycles. The number of nitrogens with zero attached hydrogens (tertiary/aromatic N) is 1. The van der Waals surface area contributed by atoms with Crippen LogP contribution < -0.4 is 11.5 Å². The van der Waals surface area contributed by atoms with Crippen LogP contribution in [-0.4, -0.2) is 4.98 Å². The summed E-state index contributed by atoms with van der Waals surface area (Å²) in [6.45, 7) is 4.13. The van der Waals surface area contributed by atoms with E-state index in [2.05, 4.69) is 38.1 Å². The van der Waals surface area contributed by atoms with E-state index in [1.54, 1.807) is 0 Å². The number of hydrogen-bond acceptors (Lipinski definition) is 3. The Balaban J connectivity index is 1.88. The molecule has 0 aliphatic heterocycles. The van der Waals surface area contributed by atoms with Gasteiger partial charge in [-0.25, -0.2) is 0 Å². The van der Waals surface area contributed by atoms with Crippen LogP contribution in [0.4, 0.5) is 0 Å². The first-order valence-corrected chi connectivity index (χ1v) is 8.16. The van der Waals surface area contributed by atoms with Crippen molar-refractivity contribution in [3.8, 4) is 0 Å². The van der Waals surface area contributed by atoms with Gasteiger partial charge in [0.25, 0.3) is 0 Å². The summed E-state index contributed by atoms with van der Waals surface area (Å²) in [6, 6.07) is 21.8. The van der Waals surface area contributed by atoms with Gasteiger partial charge in [0.05, 0.1) is 23.5 Å². The molecular formula is C21H23N3. The smallest absolute Gasteiger partial charge is 0.0726 e. The molecule has 0 bridgehead atoms. The Labute approximate surface area is 143 Å². The van der Waals surface area contributed by atoms with Gasteiger partial charge in [0.2, 0.25) is 0 Å². The number of aryl methyl sites for hydroxylation is 2. The van der Waals surface area contributed by atoms with E-state index in [1.807, 2.05) is 42.5 Å². The minimum atomic E-state index is -0.254. The lowest BCUT2D eigenvalue weighted by Gasteiger charge is -2.16. The third kappa shape index (κ3) is 3.53. The van der Waals surface area contributed by atoms with Crippen molar-refractivity contribution in [2.45, 2.75) is 25.9 Å². The van der Waals surface area contributed by atoms with Crippen molar-refractivity contribution >= 4 is 0 Å². The first-order valence-electron chi connectivity index (χ1n) is 8.16. The van der Waals surface area contributed by atoms with E-state index in [0.717, 1.165) is 22.5 Å². The molecule has 4 N–H and O–H groups in total. The lowest BCUT2D eigenvalue weighted by molar-refractivity contribution is 0.772. The van der Waals surface area contributed by atoms with Crippen molar-refractivity contribution in [1.29, 1.82) is 0 Å². The van der Waals surface area contributed by atoms with Gasteiger partial charge in [0.15, 0.2) is 0 Å². The summed E-state index contributed by atoms with van der Waals surface area (Å²) in [6.07, 6.45) is 0. The second kappa shape index (κ2) is 6.95. The first-order chi connectivity index (χ1) is 11.5. The highest BCUT2D eigenvalue weighted by atomic mass is 14.8. The third-order valence-corrected chi connectivity index (χ3v) is 4.30. The third-order valence-electron chi connectivity index (χ3n) is 4.30. The topological polar surface area (TPSA) is 64.9 Å². The molecule has 0 aliphatic carbocycles. The van der Waals surface area contributed by atoms with E-state index in [1.165, 1.54) is 11.1 Å². The quantitative estimate of drug-likeness (QED) is 0.769. The minimum Gasteiger partial charge on any atom is -0.319 e. The minimum absolute atomic E-state index is 0.254. The van der Waals surface area contributed by atoms with Crippen LogP contribution in [0, 0.1) is 13.8 Å². The van der Waals surface area contributed by atoms with Gasteiger partial charge >= 0.3 is 0 Å². The maximum Gasteiger partial charge on any atom is 0.0726 e. The summed E-state index contributed by atoms with van der Waals surface area (Å²) in [5.41, 5.74) is 19.0. The van der Waals surface area contributed by atoms with E-state index in [-0.39, 0.29) is 12.1 Å². The van der Waals surface area contributed by atoms with E-state index < -0.39 is 0 Å². The van der Waals surface area contributed by atoms with Gasteiger partial charge in [-0.2, -0.15) is 0 Å². The van der Waals surface area contributed by atoms with Crippen LogP contribution in [0.15, 0.2) is 66.7 Å². The summed E-state index contributed by atoms with van der Waals surface area (Å²) in [5, 5.41) is 0. The zero-order chi connectivity index (χ0) is 17.1.